The van der Waals surface area contributed by atoms with Crippen LogP contribution in [0.5, 0.6) is 0 Å². The normalized spacial score (nSPS) is 21.8. The number of hydrogen-bond acceptors (Lipinski definition) is 12. The summed E-state index contributed by atoms with van der Waals surface area (Å²) in [6.45, 7) is 5.35. The van der Waals surface area contributed by atoms with E-state index in [2.05, 4.69) is 35.6 Å². The van der Waals surface area contributed by atoms with Crippen molar-refractivity contribution >= 4 is 38.9 Å². The molecule has 1 amide bonds. The lowest BCUT2D eigenvalue weighted by molar-refractivity contribution is -0.121. The third-order valence-corrected chi connectivity index (χ3v) is 6.69. The molecule has 2 aromatic heterocycles. The number of carbonyl (C=O) groups excluding carboxylic acids is 1. The zero-order valence-electron chi connectivity index (χ0n) is 21.9. The molecule has 0 aromatic carbocycles. The Bertz CT molecular complexity index is 1180. The van der Waals surface area contributed by atoms with E-state index in [1.807, 2.05) is 13.8 Å². The third kappa shape index (κ3) is 8.44. The number of hydrogen-bond donors (Lipinski definition) is 7. The highest BCUT2D eigenvalue weighted by molar-refractivity contribution is 7.88. The maximum absolute atomic E-state index is 12.0. The van der Waals surface area contributed by atoms with Gasteiger partial charge in [-0.3, -0.25) is 9.36 Å². The molecule has 1 saturated heterocycles. The van der Waals surface area contributed by atoms with E-state index in [1.54, 1.807) is 0 Å². The van der Waals surface area contributed by atoms with Crippen LogP contribution in [0, 0.1) is 0 Å². The summed E-state index contributed by atoms with van der Waals surface area (Å²) >= 11 is 0. The average Bonchev–Trinajstić information content (AvgIpc) is 3.38. The summed E-state index contributed by atoms with van der Waals surface area (Å²) in [6.07, 6.45) is 1.16. The second kappa shape index (κ2) is 13.4. The first kappa shape index (κ1) is 29.9. The number of nitrogens with two attached hydrogens (primary N) is 1. The van der Waals surface area contributed by atoms with Gasteiger partial charge in [-0.2, -0.15) is 9.97 Å². The number of unbranched alkanes of at least 4 members (excludes halogenated alkanes) is 2. The van der Waals surface area contributed by atoms with E-state index in [0.29, 0.717) is 56.6 Å². The number of rotatable bonds is 15. The van der Waals surface area contributed by atoms with Crippen molar-refractivity contribution in [3.05, 3.63) is 6.33 Å². The van der Waals surface area contributed by atoms with Crippen molar-refractivity contribution in [2.24, 2.45) is 0 Å². The van der Waals surface area contributed by atoms with Gasteiger partial charge in [0.15, 0.2) is 17.7 Å². The summed E-state index contributed by atoms with van der Waals surface area (Å²) in [5.74, 6) is 0.247. The fraction of sp³-hybridized carbons (Fsp3) is 0.727. The molecule has 38 heavy (non-hydrogen) atoms. The molecule has 4 atom stereocenters. The third-order valence-electron chi connectivity index (χ3n) is 5.96. The first-order chi connectivity index (χ1) is 18.0. The van der Waals surface area contributed by atoms with Crippen LogP contribution in [0.15, 0.2) is 6.33 Å². The smallest absolute Gasteiger partial charge is 0.226 e. The quantitative estimate of drug-likeness (QED) is 0.127. The van der Waals surface area contributed by atoms with E-state index >= 15 is 0 Å². The Morgan fingerprint density at radius 3 is 2.63 bits per heavy atom. The van der Waals surface area contributed by atoms with E-state index < -0.39 is 34.6 Å². The number of anilines is 2. The van der Waals surface area contributed by atoms with Gasteiger partial charge in [0.05, 0.1) is 12.6 Å². The van der Waals surface area contributed by atoms with Gasteiger partial charge in [-0.25, -0.2) is 18.1 Å². The molecule has 3 heterocycles. The van der Waals surface area contributed by atoms with Crippen molar-refractivity contribution in [2.45, 2.75) is 70.1 Å². The van der Waals surface area contributed by atoms with Crippen molar-refractivity contribution < 1.29 is 28.2 Å². The molecule has 8 N–H and O–H groups in total. The standard InChI is InChI=1S/C22H39N9O6S/c1-13(2)26-11-14-17(33)18(34)21(37-14)31-12-27-16-19(23)29-22(30-20(16)31)25-10-9-24-15(32)7-5-4-6-8-28-38(3,35)36/h12-14,17-18,21,26,28,33-34H,4-11H2,1-3H3,(H,24,32)(H3,23,25,29,30)/t14-,17-,18-,21?/m1/s1. The van der Waals surface area contributed by atoms with Crippen LogP contribution in [0.3, 0.4) is 0 Å². The van der Waals surface area contributed by atoms with E-state index in [0.717, 1.165) is 12.7 Å². The maximum Gasteiger partial charge on any atom is 0.226 e. The van der Waals surface area contributed by atoms with Gasteiger partial charge in [0, 0.05) is 38.6 Å². The number of nitrogens with one attached hydrogen (secondary N) is 4. The Hall–Kier alpha value is -2.63. The first-order valence-electron chi connectivity index (χ1n) is 12.7. The summed E-state index contributed by atoms with van der Waals surface area (Å²) in [6, 6.07) is 0.193. The van der Waals surface area contributed by atoms with Crippen LogP contribution < -0.4 is 26.4 Å². The molecule has 0 radical (unpaired) electrons. The number of aliphatic hydroxyl groups excluding tert-OH is 2. The molecular formula is C22H39N9O6S. The van der Waals surface area contributed by atoms with Crippen LogP contribution in [0.2, 0.25) is 0 Å². The summed E-state index contributed by atoms with van der Waals surface area (Å²) in [5.41, 5.74) is 6.74. The fourth-order valence-electron chi connectivity index (χ4n) is 3.99. The van der Waals surface area contributed by atoms with Gasteiger partial charge in [-0.15, -0.1) is 0 Å². The van der Waals surface area contributed by atoms with Gasteiger partial charge in [-0.05, 0) is 12.8 Å². The van der Waals surface area contributed by atoms with Crippen LogP contribution >= 0.6 is 0 Å². The minimum Gasteiger partial charge on any atom is -0.387 e. The number of fused-ring (bicyclic) bond motifs is 1. The minimum absolute atomic E-state index is 0.107. The highest BCUT2D eigenvalue weighted by Gasteiger charge is 2.44. The van der Waals surface area contributed by atoms with Gasteiger partial charge in [0.2, 0.25) is 21.9 Å². The molecule has 1 unspecified atom stereocenters. The number of nitrogens with zero attached hydrogens (tertiary/aromatic N) is 4. The number of nitrogen functional groups attached to an aromatic ring is 1. The molecule has 0 spiro atoms. The molecule has 0 aliphatic carbocycles. The van der Waals surface area contributed by atoms with Crippen LogP contribution in [0.1, 0.15) is 45.8 Å². The topological polar surface area (TPSA) is 219 Å². The lowest BCUT2D eigenvalue weighted by Crippen LogP contribution is -2.39. The Morgan fingerprint density at radius 1 is 1.16 bits per heavy atom. The van der Waals surface area contributed by atoms with Crippen molar-refractivity contribution in [3.63, 3.8) is 0 Å². The molecule has 1 aliphatic rings. The number of aromatic nitrogens is 4. The minimum atomic E-state index is -3.18. The highest BCUT2D eigenvalue weighted by atomic mass is 32.2. The van der Waals surface area contributed by atoms with Crippen LogP contribution in [0.4, 0.5) is 11.8 Å². The Kier molecular flexibility index (Phi) is 10.6. The predicted molar refractivity (Wildman–Crippen MR) is 142 cm³/mol. The second-order valence-electron chi connectivity index (χ2n) is 9.62. The SMILES string of the molecule is CC(C)NC[C@H]1OC(n2cnc3c(N)nc(NCCNC(=O)CCCCCNS(C)(=O)=O)nc32)[C@H](O)[C@@H]1O. The first-order valence-corrected chi connectivity index (χ1v) is 14.6. The zero-order valence-corrected chi connectivity index (χ0v) is 22.7. The van der Waals surface area contributed by atoms with Crippen LogP contribution in [-0.2, 0) is 19.6 Å². The number of ether oxygens (including phenoxy) is 1. The predicted octanol–water partition coefficient (Wildman–Crippen LogP) is -1.34. The van der Waals surface area contributed by atoms with Crippen molar-refractivity contribution in [2.75, 3.05) is 43.5 Å². The Labute approximate surface area is 222 Å². The molecular weight excluding hydrogens is 518 g/mol. The number of amides is 1. The van der Waals surface area contributed by atoms with Crippen LogP contribution in [0.25, 0.3) is 11.2 Å². The maximum atomic E-state index is 12.0. The largest absolute Gasteiger partial charge is 0.387 e. The van der Waals surface area contributed by atoms with E-state index in [-0.39, 0.29) is 23.7 Å². The summed E-state index contributed by atoms with van der Waals surface area (Å²) < 4.78 is 31.9. The van der Waals surface area contributed by atoms with E-state index in [4.69, 9.17) is 10.5 Å². The fourth-order valence-corrected chi connectivity index (χ4v) is 4.51. The van der Waals surface area contributed by atoms with Gasteiger partial charge in [0.25, 0.3) is 0 Å². The molecule has 15 nitrogen and oxygen atoms in total. The van der Waals surface area contributed by atoms with Gasteiger partial charge in [-0.1, -0.05) is 20.3 Å². The van der Waals surface area contributed by atoms with Gasteiger partial charge in [0.1, 0.15) is 23.8 Å². The molecule has 1 aliphatic heterocycles. The summed E-state index contributed by atoms with van der Waals surface area (Å²) in [4.78, 5) is 24.9. The molecule has 16 heteroatoms. The average molecular weight is 558 g/mol. The summed E-state index contributed by atoms with van der Waals surface area (Å²) in [5, 5.41) is 30.1. The lowest BCUT2D eigenvalue weighted by Gasteiger charge is -2.17. The van der Waals surface area contributed by atoms with Crippen LogP contribution in [-0.4, -0.2) is 101 Å². The molecule has 2 aromatic rings. The van der Waals surface area contributed by atoms with Crippen molar-refractivity contribution in [1.82, 2.24) is 34.9 Å². The molecule has 0 saturated carbocycles. The molecule has 0 bridgehead atoms. The molecule has 3 rings (SSSR count). The molecule has 214 valence electrons. The second-order valence-corrected chi connectivity index (χ2v) is 11.5. The number of sulfonamides is 1. The summed E-state index contributed by atoms with van der Waals surface area (Å²) in [7, 11) is -3.18. The number of imidazole rings is 1. The monoisotopic (exact) mass is 557 g/mol. The molecule has 1 fully saturated rings. The Balaban J connectivity index is 1.49. The lowest BCUT2D eigenvalue weighted by atomic mass is 10.1. The van der Waals surface area contributed by atoms with E-state index in [1.165, 1.54) is 10.9 Å². The van der Waals surface area contributed by atoms with Gasteiger partial charge < -0.3 is 36.6 Å². The highest BCUT2D eigenvalue weighted by Crippen LogP contribution is 2.32. The number of carbonyl (C=O) groups is 1. The van der Waals surface area contributed by atoms with Crippen molar-refractivity contribution in [1.29, 1.82) is 0 Å². The van der Waals surface area contributed by atoms with Gasteiger partial charge >= 0.3 is 0 Å². The van der Waals surface area contributed by atoms with E-state index in [9.17, 15) is 23.4 Å². The van der Waals surface area contributed by atoms with Crippen molar-refractivity contribution in [3.8, 4) is 0 Å². The number of aliphatic hydroxyl groups is 2. The zero-order chi connectivity index (χ0) is 27.9. The Morgan fingerprint density at radius 2 is 1.92 bits per heavy atom.